The Morgan fingerprint density at radius 1 is 1.14 bits per heavy atom. The average Bonchev–Trinajstić information content (AvgIpc) is 2.92. The minimum absolute atomic E-state index is 0.0707. The monoisotopic (exact) mass is 310 g/mol. The molecule has 1 N–H and O–H groups in total. The highest BCUT2D eigenvalue weighted by molar-refractivity contribution is 5.84. The van der Waals surface area contributed by atoms with E-state index in [2.05, 4.69) is 27.7 Å². The van der Waals surface area contributed by atoms with Crippen LogP contribution in [0.15, 0.2) is 0 Å². The van der Waals surface area contributed by atoms with Gasteiger partial charge in [-0.3, -0.25) is 14.5 Å². The van der Waals surface area contributed by atoms with Crippen molar-refractivity contribution in [3.8, 4) is 0 Å². The third-order valence-corrected chi connectivity index (χ3v) is 6.28. The van der Waals surface area contributed by atoms with Crippen LogP contribution in [0.1, 0.15) is 47.0 Å². The zero-order chi connectivity index (χ0) is 16.7. The van der Waals surface area contributed by atoms with Crippen molar-refractivity contribution in [2.24, 2.45) is 16.7 Å². The third-order valence-electron chi connectivity index (χ3n) is 6.28. The second-order valence-electron chi connectivity index (χ2n) is 8.10. The molecule has 1 atom stereocenters. The first-order valence-electron chi connectivity index (χ1n) is 8.30. The second kappa shape index (κ2) is 5.84. The summed E-state index contributed by atoms with van der Waals surface area (Å²) in [5, 5.41) is 8.92. The average molecular weight is 310 g/mol. The predicted octanol–water partition coefficient (Wildman–Crippen LogP) is 2.07. The first kappa shape index (κ1) is 17.3. The molecule has 126 valence electrons. The Bertz CT molecular complexity index is 445. The maximum Gasteiger partial charge on any atom is 0.317 e. The zero-order valence-corrected chi connectivity index (χ0v) is 14.6. The van der Waals surface area contributed by atoms with Crippen LogP contribution in [0.2, 0.25) is 0 Å². The molecule has 1 saturated heterocycles. The molecule has 1 aliphatic heterocycles. The van der Waals surface area contributed by atoms with Crippen LogP contribution < -0.4 is 0 Å². The van der Waals surface area contributed by atoms with E-state index in [9.17, 15) is 9.59 Å². The van der Waals surface area contributed by atoms with Crippen LogP contribution in [-0.4, -0.2) is 59.5 Å². The molecule has 0 unspecified atom stereocenters. The Hall–Kier alpha value is -1.10. The molecule has 1 saturated carbocycles. The van der Waals surface area contributed by atoms with Gasteiger partial charge in [0.05, 0.1) is 6.54 Å². The molecular formula is C17H30N2O3. The van der Waals surface area contributed by atoms with Crippen molar-refractivity contribution in [2.45, 2.75) is 53.0 Å². The van der Waals surface area contributed by atoms with E-state index in [0.29, 0.717) is 0 Å². The molecule has 1 amide bonds. The number of hydrogen-bond donors (Lipinski definition) is 1. The lowest BCUT2D eigenvalue weighted by Crippen LogP contribution is -2.38. The van der Waals surface area contributed by atoms with Gasteiger partial charge < -0.3 is 10.0 Å². The molecule has 0 aromatic carbocycles. The fourth-order valence-electron chi connectivity index (χ4n) is 4.08. The summed E-state index contributed by atoms with van der Waals surface area (Å²) < 4.78 is 0. The number of likely N-dealkylation sites (tertiary alicyclic amines) is 1. The van der Waals surface area contributed by atoms with Crippen molar-refractivity contribution < 1.29 is 14.7 Å². The van der Waals surface area contributed by atoms with E-state index in [1.165, 1.54) is 0 Å². The fourth-order valence-corrected chi connectivity index (χ4v) is 4.08. The molecule has 5 heteroatoms. The minimum atomic E-state index is -0.791. The lowest BCUT2D eigenvalue weighted by Gasteiger charge is -2.26. The van der Waals surface area contributed by atoms with Gasteiger partial charge in [0, 0.05) is 25.0 Å². The highest BCUT2D eigenvalue weighted by Gasteiger charge is 2.68. The number of rotatable bonds is 4. The Morgan fingerprint density at radius 2 is 1.73 bits per heavy atom. The first-order chi connectivity index (χ1) is 10.1. The molecular weight excluding hydrogens is 280 g/mol. The van der Waals surface area contributed by atoms with Crippen molar-refractivity contribution in [3.05, 3.63) is 0 Å². The molecule has 2 rings (SSSR count). The highest BCUT2D eigenvalue weighted by Crippen LogP contribution is 2.68. The summed E-state index contributed by atoms with van der Waals surface area (Å²) in [6.07, 6.45) is 2.78. The van der Waals surface area contributed by atoms with Gasteiger partial charge in [0.15, 0.2) is 0 Å². The molecule has 0 aromatic heterocycles. The standard InChI is InChI=1S/C17H30N2O3/c1-16(2)14(17(16,3)4)15(22)19-9-6-7-12(8-10-19)18(5)11-13(20)21/h12,14H,6-11H2,1-5H3,(H,20,21)/t12-/m1/s1. The molecule has 0 bridgehead atoms. The van der Waals surface area contributed by atoms with Crippen LogP contribution in [0.4, 0.5) is 0 Å². The normalized spacial score (nSPS) is 27.5. The molecule has 2 fully saturated rings. The molecule has 0 aromatic rings. The molecule has 22 heavy (non-hydrogen) atoms. The number of carboxylic acid groups (broad SMARTS) is 1. The van der Waals surface area contributed by atoms with Crippen LogP contribution >= 0.6 is 0 Å². The van der Waals surface area contributed by atoms with Gasteiger partial charge in [0.2, 0.25) is 5.91 Å². The van der Waals surface area contributed by atoms with Gasteiger partial charge in [-0.25, -0.2) is 0 Å². The summed E-state index contributed by atoms with van der Waals surface area (Å²) >= 11 is 0. The van der Waals surface area contributed by atoms with E-state index in [-0.39, 0.29) is 35.2 Å². The third kappa shape index (κ3) is 3.00. The fraction of sp³-hybridized carbons (Fsp3) is 0.882. The van der Waals surface area contributed by atoms with Gasteiger partial charge in [-0.1, -0.05) is 27.7 Å². The smallest absolute Gasteiger partial charge is 0.317 e. The van der Waals surface area contributed by atoms with Gasteiger partial charge in [-0.15, -0.1) is 0 Å². The van der Waals surface area contributed by atoms with Crippen molar-refractivity contribution in [1.29, 1.82) is 0 Å². The number of amides is 1. The van der Waals surface area contributed by atoms with Crippen molar-refractivity contribution in [2.75, 3.05) is 26.7 Å². The van der Waals surface area contributed by atoms with E-state index >= 15 is 0 Å². The maximum absolute atomic E-state index is 12.8. The summed E-state index contributed by atoms with van der Waals surface area (Å²) in [6.45, 7) is 10.3. The number of nitrogens with zero attached hydrogens (tertiary/aromatic N) is 2. The maximum atomic E-state index is 12.8. The quantitative estimate of drug-likeness (QED) is 0.863. The van der Waals surface area contributed by atoms with Gasteiger partial charge in [-0.05, 0) is 37.1 Å². The van der Waals surface area contributed by atoms with Crippen molar-refractivity contribution in [1.82, 2.24) is 9.80 Å². The molecule has 0 spiro atoms. The van der Waals surface area contributed by atoms with Crippen LogP contribution in [0.3, 0.4) is 0 Å². The molecule has 5 nitrogen and oxygen atoms in total. The second-order valence-corrected chi connectivity index (χ2v) is 8.10. The summed E-state index contributed by atoms with van der Waals surface area (Å²) in [7, 11) is 1.86. The zero-order valence-electron chi connectivity index (χ0n) is 14.6. The lowest BCUT2D eigenvalue weighted by atomic mass is 10.0. The number of carboxylic acids is 1. The van der Waals surface area contributed by atoms with Gasteiger partial charge in [0.1, 0.15) is 0 Å². The Labute approximate surface area is 133 Å². The van der Waals surface area contributed by atoms with Gasteiger partial charge in [0.25, 0.3) is 0 Å². The number of carbonyl (C=O) groups excluding carboxylic acids is 1. The summed E-state index contributed by atoms with van der Waals surface area (Å²) in [6, 6.07) is 0.258. The van der Waals surface area contributed by atoms with E-state index in [0.717, 1.165) is 32.4 Å². The molecule has 1 aliphatic carbocycles. The summed E-state index contributed by atoms with van der Waals surface area (Å²) in [5.41, 5.74) is 0.159. The van der Waals surface area contributed by atoms with Crippen LogP contribution in [-0.2, 0) is 9.59 Å². The van der Waals surface area contributed by atoms with E-state index in [1.807, 2.05) is 16.8 Å². The molecule has 1 heterocycles. The number of hydrogen-bond acceptors (Lipinski definition) is 3. The predicted molar refractivity (Wildman–Crippen MR) is 85.5 cm³/mol. The SMILES string of the molecule is CN(CC(=O)O)[C@@H]1CCCN(C(=O)C2C(C)(C)C2(C)C)CC1. The lowest BCUT2D eigenvalue weighted by molar-refractivity contribution is -0.139. The highest BCUT2D eigenvalue weighted by atomic mass is 16.4. The minimum Gasteiger partial charge on any atom is -0.480 e. The van der Waals surface area contributed by atoms with Crippen LogP contribution in [0.5, 0.6) is 0 Å². The van der Waals surface area contributed by atoms with E-state index < -0.39 is 5.97 Å². The van der Waals surface area contributed by atoms with Crippen LogP contribution in [0.25, 0.3) is 0 Å². The number of likely N-dealkylation sites (N-methyl/N-ethyl adjacent to an activating group) is 1. The van der Waals surface area contributed by atoms with Crippen molar-refractivity contribution in [3.63, 3.8) is 0 Å². The molecule has 2 aliphatic rings. The Morgan fingerprint density at radius 3 is 2.23 bits per heavy atom. The largest absolute Gasteiger partial charge is 0.480 e. The molecule has 0 radical (unpaired) electrons. The van der Waals surface area contributed by atoms with E-state index in [4.69, 9.17) is 5.11 Å². The topological polar surface area (TPSA) is 60.9 Å². The van der Waals surface area contributed by atoms with Crippen molar-refractivity contribution >= 4 is 11.9 Å². The number of carbonyl (C=O) groups is 2. The van der Waals surface area contributed by atoms with E-state index in [1.54, 1.807) is 0 Å². The van der Waals surface area contributed by atoms with Gasteiger partial charge in [-0.2, -0.15) is 0 Å². The number of aliphatic carboxylic acids is 1. The first-order valence-corrected chi connectivity index (χ1v) is 8.30. The van der Waals surface area contributed by atoms with Crippen LogP contribution in [0, 0.1) is 16.7 Å². The Kier molecular flexibility index (Phi) is 4.58. The Balaban J connectivity index is 1.94. The summed E-state index contributed by atoms with van der Waals surface area (Å²) in [4.78, 5) is 27.6. The van der Waals surface area contributed by atoms with Gasteiger partial charge >= 0.3 is 5.97 Å². The summed E-state index contributed by atoms with van der Waals surface area (Å²) in [5.74, 6) is -0.383.